The molecule has 1 amide bonds. The molecule has 3 aromatic heterocycles. The lowest BCUT2D eigenvalue weighted by Gasteiger charge is -2.37. The lowest BCUT2D eigenvalue weighted by Crippen LogP contribution is -2.46. The van der Waals surface area contributed by atoms with Crippen LogP contribution in [0.15, 0.2) is 47.3 Å². The number of amides is 1. The molecule has 0 unspecified atom stereocenters. The molecule has 0 aliphatic carbocycles. The van der Waals surface area contributed by atoms with Crippen molar-refractivity contribution < 1.29 is 32.2 Å². The highest BCUT2D eigenvalue weighted by Gasteiger charge is 2.39. The number of benzene rings is 1. The van der Waals surface area contributed by atoms with Gasteiger partial charge >= 0.3 is 6.18 Å². The molecule has 0 spiro atoms. The average molecular weight is 559 g/mol. The molecule has 4 heterocycles. The lowest BCUT2D eigenvalue weighted by atomic mass is 9.88. The number of rotatable bonds is 5. The summed E-state index contributed by atoms with van der Waals surface area (Å²) >= 11 is 5.09. The van der Waals surface area contributed by atoms with Gasteiger partial charge in [-0.2, -0.15) is 13.2 Å². The smallest absolute Gasteiger partial charge is 0.433 e. The largest absolute Gasteiger partial charge is 0.494 e. The van der Waals surface area contributed by atoms with Gasteiger partial charge in [0, 0.05) is 36.4 Å². The summed E-state index contributed by atoms with van der Waals surface area (Å²) < 4.78 is 50.9. The third-order valence-electron chi connectivity index (χ3n) is 6.53. The first-order valence-electron chi connectivity index (χ1n) is 11.7. The maximum absolute atomic E-state index is 13.5. The van der Waals surface area contributed by atoms with Gasteiger partial charge in [-0.3, -0.25) is 14.8 Å². The molecule has 1 fully saturated rings. The van der Waals surface area contributed by atoms with Gasteiger partial charge in [-0.05, 0) is 37.1 Å². The molecule has 39 heavy (non-hydrogen) atoms. The number of nitrogens with two attached hydrogens (primary N) is 1. The summed E-state index contributed by atoms with van der Waals surface area (Å²) in [4.78, 5) is 31.0. The molecule has 0 radical (unpaired) electrons. The van der Waals surface area contributed by atoms with Crippen molar-refractivity contribution in [3.63, 3.8) is 0 Å². The Morgan fingerprint density at radius 1 is 1.18 bits per heavy atom. The van der Waals surface area contributed by atoms with Crippen molar-refractivity contribution in [3.8, 4) is 17.2 Å². The van der Waals surface area contributed by atoms with Crippen LogP contribution in [0.5, 0.6) is 5.75 Å². The molecular formula is C25H21F3N6O4S. The van der Waals surface area contributed by atoms with Gasteiger partial charge in [0.25, 0.3) is 5.91 Å². The molecule has 0 atom stereocenters. The van der Waals surface area contributed by atoms with Crippen LogP contribution in [0.25, 0.3) is 22.4 Å². The van der Waals surface area contributed by atoms with E-state index in [0.717, 1.165) is 6.07 Å². The Hall–Kier alpha value is -4.17. The first kappa shape index (κ1) is 26.4. The number of oxazole rings is 1. The zero-order valence-electron chi connectivity index (χ0n) is 20.4. The average Bonchev–Trinajstić information content (AvgIpc) is 3.38. The lowest BCUT2D eigenvalue weighted by molar-refractivity contribution is -0.140. The Balaban J connectivity index is 1.49. The van der Waals surface area contributed by atoms with Gasteiger partial charge in [0.05, 0.1) is 19.0 Å². The number of alkyl halides is 3. The first-order chi connectivity index (χ1) is 18.5. The monoisotopic (exact) mass is 558 g/mol. The van der Waals surface area contributed by atoms with Crippen molar-refractivity contribution in [1.82, 2.24) is 24.8 Å². The maximum Gasteiger partial charge on any atom is 0.433 e. The molecule has 5 rings (SSSR count). The van der Waals surface area contributed by atoms with Crippen LogP contribution in [0.1, 0.15) is 40.5 Å². The molecule has 10 nitrogen and oxygen atoms in total. The summed E-state index contributed by atoms with van der Waals surface area (Å²) in [6.45, 7) is 0.362. The topological polar surface area (TPSA) is 140 Å². The predicted molar refractivity (Wildman–Crippen MR) is 136 cm³/mol. The number of pyridine rings is 1. The number of fused-ring (bicyclic) bond motifs is 1. The second-order valence-electron chi connectivity index (χ2n) is 8.88. The molecule has 1 saturated heterocycles. The fourth-order valence-corrected chi connectivity index (χ4v) is 4.61. The van der Waals surface area contributed by atoms with Crippen LogP contribution in [-0.4, -0.2) is 61.0 Å². The summed E-state index contributed by atoms with van der Waals surface area (Å²) in [5.74, 6) is -0.627. The van der Waals surface area contributed by atoms with Gasteiger partial charge in [0.15, 0.2) is 11.5 Å². The van der Waals surface area contributed by atoms with E-state index in [-0.39, 0.29) is 70.5 Å². The third-order valence-corrected chi connectivity index (χ3v) is 6.72. The number of methoxy groups -OCH3 is 1. The molecule has 0 saturated carbocycles. The number of aromatic nitrogens is 4. The molecule has 14 heteroatoms. The number of ether oxygens (including phenoxy) is 1. The minimum Gasteiger partial charge on any atom is -0.494 e. The highest BCUT2D eigenvalue weighted by atomic mass is 32.1. The van der Waals surface area contributed by atoms with Gasteiger partial charge in [-0.25, -0.2) is 9.97 Å². The van der Waals surface area contributed by atoms with E-state index >= 15 is 0 Å². The van der Waals surface area contributed by atoms with Gasteiger partial charge in [-0.15, -0.1) is 0 Å². The van der Waals surface area contributed by atoms with Gasteiger partial charge in [0.1, 0.15) is 27.5 Å². The van der Waals surface area contributed by atoms with Crippen molar-refractivity contribution in [2.45, 2.75) is 24.6 Å². The first-order valence-corrected chi connectivity index (χ1v) is 12.1. The zero-order valence-corrected chi connectivity index (χ0v) is 21.2. The number of halogens is 3. The molecule has 4 aromatic rings. The minimum absolute atomic E-state index is 0.0629. The van der Waals surface area contributed by atoms with Crippen LogP contribution >= 0.6 is 12.2 Å². The van der Waals surface area contributed by atoms with Crippen LogP contribution in [0.4, 0.5) is 13.2 Å². The Kier molecular flexibility index (Phi) is 6.68. The number of nitrogens with zero attached hydrogens (tertiary/aromatic N) is 5. The SMILES string of the molecule is COc1ccc(-c2nc(C(=O)N3CCC(O)(c4cnccn4)CC3)c(C(N)=S)o2)c2ccc(C(F)(F)F)nc12. The number of carbonyl (C=O) groups excluding carboxylic acids is 1. The standard InChI is InChI=1S/C25H21F3N6O4S/c1-37-15-4-2-14(13-3-5-16(25(26,27)28)32-18(13)15)22-33-19(20(38-22)21(29)39)23(35)34-10-6-24(36,7-11-34)17-12-30-8-9-31-17/h2-5,8-9,12,36H,6-7,10-11H2,1H3,(H2,29,39). The number of likely N-dealkylation sites (tertiary alicyclic amines) is 1. The molecule has 1 aromatic carbocycles. The number of piperidine rings is 1. The highest BCUT2D eigenvalue weighted by Crippen LogP contribution is 2.37. The van der Waals surface area contributed by atoms with Gasteiger partial charge in [-0.1, -0.05) is 12.2 Å². The number of aliphatic hydroxyl groups is 1. The van der Waals surface area contributed by atoms with Gasteiger partial charge in [0.2, 0.25) is 5.89 Å². The van der Waals surface area contributed by atoms with E-state index in [0.29, 0.717) is 5.69 Å². The summed E-state index contributed by atoms with van der Waals surface area (Å²) in [5.41, 5.74) is 3.97. The Bertz CT molecular complexity index is 1570. The van der Waals surface area contributed by atoms with Crippen molar-refractivity contribution in [3.05, 3.63) is 65.7 Å². The van der Waals surface area contributed by atoms with E-state index in [1.54, 1.807) is 0 Å². The van der Waals surface area contributed by atoms with Crippen LogP contribution < -0.4 is 10.5 Å². The van der Waals surface area contributed by atoms with Crippen LogP contribution in [0, 0.1) is 0 Å². The van der Waals surface area contributed by atoms with E-state index in [9.17, 15) is 23.1 Å². The third kappa shape index (κ3) is 4.88. The fourth-order valence-electron chi connectivity index (χ4n) is 4.47. The number of carbonyl (C=O) groups is 1. The molecule has 3 N–H and O–H groups in total. The number of thiocarbonyl (C=S) groups is 1. The molecule has 1 aliphatic rings. The van der Waals surface area contributed by atoms with Crippen LogP contribution in [0.2, 0.25) is 0 Å². The summed E-state index contributed by atoms with van der Waals surface area (Å²) in [6.07, 6.45) is 0.227. The summed E-state index contributed by atoms with van der Waals surface area (Å²) in [5, 5.41) is 11.3. The Labute approximate surface area is 224 Å². The Morgan fingerprint density at radius 2 is 1.92 bits per heavy atom. The van der Waals surface area contributed by atoms with E-state index in [2.05, 4.69) is 19.9 Å². The molecule has 1 aliphatic heterocycles. The highest BCUT2D eigenvalue weighted by molar-refractivity contribution is 7.80. The van der Waals surface area contributed by atoms with Crippen LogP contribution in [0.3, 0.4) is 0 Å². The van der Waals surface area contributed by atoms with Gasteiger partial charge < -0.3 is 24.9 Å². The second-order valence-corrected chi connectivity index (χ2v) is 9.32. The summed E-state index contributed by atoms with van der Waals surface area (Å²) in [7, 11) is 1.31. The normalized spacial score (nSPS) is 15.4. The maximum atomic E-state index is 13.5. The Morgan fingerprint density at radius 3 is 2.54 bits per heavy atom. The van der Waals surface area contributed by atoms with E-state index in [4.69, 9.17) is 27.1 Å². The molecular weight excluding hydrogens is 537 g/mol. The minimum atomic E-state index is -4.66. The zero-order chi connectivity index (χ0) is 27.9. The fraction of sp³-hybridized carbons (Fsp3) is 0.280. The van der Waals surface area contributed by atoms with Crippen molar-refractivity contribution in [2.75, 3.05) is 20.2 Å². The van der Waals surface area contributed by atoms with Crippen LogP contribution in [-0.2, 0) is 11.8 Å². The molecule has 202 valence electrons. The van der Waals surface area contributed by atoms with Crippen molar-refractivity contribution >= 4 is 34.0 Å². The number of hydrogen-bond donors (Lipinski definition) is 2. The number of hydrogen-bond acceptors (Lipinski definition) is 9. The van der Waals surface area contributed by atoms with E-state index < -0.39 is 23.4 Å². The van der Waals surface area contributed by atoms with E-state index in [1.807, 2.05) is 0 Å². The summed E-state index contributed by atoms with van der Waals surface area (Å²) in [6, 6.07) is 5.02. The van der Waals surface area contributed by atoms with Crippen molar-refractivity contribution in [2.24, 2.45) is 5.73 Å². The second kappa shape index (κ2) is 9.85. The quantitative estimate of drug-likeness (QED) is 0.350. The molecule has 0 bridgehead atoms. The van der Waals surface area contributed by atoms with E-state index in [1.165, 1.54) is 48.8 Å². The predicted octanol–water partition coefficient (Wildman–Crippen LogP) is 3.47. The van der Waals surface area contributed by atoms with Crippen molar-refractivity contribution in [1.29, 1.82) is 0 Å².